The molecule has 0 saturated carbocycles. The first kappa shape index (κ1) is 19.1. The number of nitrogens with two attached hydrogens (primary N) is 1. The highest BCUT2D eigenvalue weighted by Gasteiger charge is 2.20. The number of esters is 1. The summed E-state index contributed by atoms with van der Waals surface area (Å²) in [4.78, 5) is 24.1. The van der Waals surface area contributed by atoms with Gasteiger partial charge in [-0.2, -0.15) is 5.26 Å². The van der Waals surface area contributed by atoms with E-state index in [4.69, 9.17) is 15.1 Å². The minimum absolute atomic E-state index is 0.0643. The molecular formula is C17H15N3O5S. The van der Waals surface area contributed by atoms with Gasteiger partial charge in [0.1, 0.15) is 6.07 Å². The molecule has 2 aromatic rings. The van der Waals surface area contributed by atoms with E-state index in [1.807, 2.05) is 6.07 Å². The number of hydrogen-bond acceptors (Lipinski definition) is 6. The van der Waals surface area contributed by atoms with E-state index < -0.39 is 28.0 Å². The molecule has 1 unspecified atom stereocenters. The number of nitriles is 1. The number of anilines is 1. The number of carbonyl (C=O) groups is 2. The normalized spacial score (nSPS) is 11.9. The number of amides is 1. The van der Waals surface area contributed by atoms with Gasteiger partial charge in [-0.15, -0.1) is 0 Å². The Bertz CT molecular complexity index is 978. The quantitative estimate of drug-likeness (QED) is 0.759. The van der Waals surface area contributed by atoms with Gasteiger partial charge in [-0.1, -0.05) is 12.1 Å². The van der Waals surface area contributed by atoms with Crippen molar-refractivity contribution in [3.05, 3.63) is 59.7 Å². The number of para-hydroxylation sites is 1. The molecule has 9 heteroatoms. The van der Waals surface area contributed by atoms with E-state index >= 15 is 0 Å². The van der Waals surface area contributed by atoms with E-state index in [9.17, 15) is 18.0 Å². The highest BCUT2D eigenvalue weighted by Crippen LogP contribution is 2.15. The average molecular weight is 373 g/mol. The first-order chi connectivity index (χ1) is 12.2. The second kappa shape index (κ2) is 7.77. The lowest BCUT2D eigenvalue weighted by molar-refractivity contribution is -0.123. The lowest BCUT2D eigenvalue weighted by Gasteiger charge is -2.14. The lowest BCUT2D eigenvalue weighted by atomic mass is 10.2. The number of nitrogens with zero attached hydrogens (tertiary/aromatic N) is 1. The van der Waals surface area contributed by atoms with Crippen LogP contribution in [0.15, 0.2) is 53.4 Å². The van der Waals surface area contributed by atoms with Crippen molar-refractivity contribution in [1.29, 1.82) is 5.26 Å². The fourth-order valence-electron chi connectivity index (χ4n) is 1.99. The van der Waals surface area contributed by atoms with Crippen molar-refractivity contribution >= 4 is 27.6 Å². The van der Waals surface area contributed by atoms with Gasteiger partial charge in [0, 0.05) is 0 Å². The van der Waals surface area contributed by atoms with Crippen LogP contribution in [0.4, 0.5) is 5.69 Å². The van der Waals surface area contributed by atoms with Gasteiger partial charge in [-0.25, -0.2) is 18.4 Å². The van der Waals surface area contributed by atoms with Crippen LogP contribution in [0.25, 0.3) is 0 Å². The van der Waals surface area contributed by atoms with Gasteiger partial charge in [0.25, 0.3) is 5.91 Å². The number of ether oxygens (including phenoxy) is 1. The molecule has 0 aromatic heterocycles. The van der Waals surface area contributed by atoms with E-state index in [-0.39, 0.29) is 16.0 Å². The summed E-state index contributed by atoms with van der Waals surface area (Å²) in [6.45, 7) is 1.38. The van der Waals surface area contributed by atoms with Crippen LogP contribution in [0.1, 0.15) is 22.8 Å². The largest absolute Gasteiger partial charge is 0.449 e. The SMILES string of the molecule is CC(OC(=O)c1ccc(S(N)(=O)=O)cc1)C(=O)Nc1ccccc1C#N. The molecule has 1 amide bonds. The van der Waals surface area contributed by atoms with Crippen molar-refractivity contribution in [1.82, 2.24) is 0 Å². The molecule has 0 aliphatic heterocycles. The summed E-state index contributed by atoms with van der Waals surface area (Å²) < 4.78 is 27.4. The molecule has 2 aromatic carbocycles. The maximum atomic E-state index is 12.1. The van der Waals surface area contributed by atoms with E-state index in [0.717, 1.165) is 0 Å². The molecule has 3 N–H and O–H groups in total. The zero-order chi connectivity index (χ0) is 19.3. The predicted molar refractivity (Wildman–Crippen MR) is 92.5 cm³/mol. The summed E-state index contributed by atoms with van der Waals surface area (Å²) >= 11 is 0. The minimum atomic E-state index is -3.87. The topological polar surface area (TPSA) is 139 Å². The molecule has 8 nitrogen and oxygen atoms in total. The Morgan fingerprint density at radius 3 is 2.35 bits per heavy atom. The van der Waals surface area contributed by atoms with Crippen LogP contribution < -0.4 is 10.5 Å². The van der Waals surface area contributed by atoms with Crippen molar-refractivity contribution in [2.75, 3.05) is 5.32 Å². The maximum absolute atomic E-state index is 12.1. The predicted octanol–water partition coefficient (Wildman–Crippen LogP) is 1.39. The molecular weight excluding hydrogens is 358 g/mol. The van der Waals surface area contributed by atoms with Crippen molar-refractivity contribution in [2.45, 2.75) is 17.9 Å². The number of benzene rings is 2. The number of rotatable bonds is 5. The summed E-state index contributed by atoms with van der Waals surface area (Å²) in [6.07, 6.45) is -1.13. The first-order valence-electron chi connectivity index (χ1n) is 7.36. The Balaban J connectivity index is 2.04. The zero-order valence-corrected chi connectivity index (χ0v) is 14.5. The van der Waals surface area contributed by atoms with Crippen LogP contribution >= 0.6 is 0 Å². The lowest BCUT2D eigenvalue weighted by Crippen LogP contribution is -2.30. The molecule has 0 spiro atoms. The van der Waals surface area contributed by atoms with Gasteiger partial charge in [0.15, 0.2) is 6.10 Å². The summed E-state index contributed by atoms with van der Waals surface area (Å²) in [5, 5.41) is 16.5. The Hall–Kier alpha value is -3.22. The number of sulfonamides is 1. The zero-order valence-electron chi connectivity index (χ0n) is 13.7. The molecule has 26 heavy (non-hydrogen) atoms. The number of primary sulfonamides is 1. The molecule has 1 atom stereocenters. The van der Waals surface area contributed by atoms with Crippen LogP contribution in [0.2, 0.25) is 0 Å². The average Bonchev–Trinajstić information content (AvgIpc) is 2.61. The first-order valence-corrected chi connectivity index (χ1v) is 8.91. The van der Waals surface area contributed by atoms with Gasteiger partial charge in [-0.3, -0.25) is 4.79 Å². The molecule has 0 aliphatic rings. The highest BCUT2D eigenvalue weighted by atomic mass is 32.2. The summed E-state index contributed by atoms with van der Waals surface area (Å²) in [5.74, 6) is -1.41. The van der Waals surface area contributed by atoms with Crippen LogP contribution in [0.5, 0.6) is 0 Å². The standard InChI is InChI=1S/C17H15N3O5S/c1-11(16(21)20-15-5-3-2-4-13(15)10-18)25-17(22)12-6-8-14(9-7-12)26(19,23)24/h2-9,11H,1H3,(H,20,21)(H2,19,23,24). The molecule has 134 valence electrons. The second-order valence-corrected chi connectivity index (χ2v) is 6.82. The minimum Gasteiger partial charge on any atom is -0.449 e. The highest BCUT2D eigenvalue weighted by molar-refractivity contribution is 7.89. The van der Waals surface area contributed by atoms with Crippen LogP contribution in [-0.4, -0.2) is 26.4 Å². The third-order valence-electron chi connectivity index (χ3n) is 3.38. The second-order valence-electron chi connectivity index (χ2n) is 5.26. The van der Waals surface area contributed by atoms with E-state index in [1.165, 1.54) is 31.2 Å². The molecule has 0 aliphatic carbocycles. The molecule has 2 rings (SSSR count). The third-order valence-corrected chi connectivity index (χ3v) is 4.31. The van der Waals surface area contributed by atoms with Crippen molar-refractivity contribution < 1.29 is 22.7 Å². The number of carbonyl (C=O) groups excluding carboxylic acids is 2. The smallest absolute Gasteiger partial charge is 0.338 e. The maximum Gasteiger partial charge on any atom is 0.338 e. The van der Waals surface area contributed by atoms with Crippen molar-refractivity contribution in [3.8, 4) is 6.07 Å². The van der Waals surface area contributed by atoms with Gasteiger partial charge < -0.3 is 10.1 Å². The van der Waals surface area contributed by atoms with E-state index in [0.29, 0.717) is 5.69 Å². The van der Waals surface area contributed by atoms with E-state index in [2.05, 4.69) is 5.32 Å². The summed E-state index contributed by atoms with van der Waals surface area (Å²) in [7, 11) is -3.87. The van der Waals surface area contributed by atoms with Gasteiger partial charge in [-0.05, 0) is 43.3 Å². The Morgan fingerprint density at radius 2 is 1.77 bits per heavy atom. The molecule has 0 heterocycles. The van der Waals surface area contributed by atoms with Crippen molar-refractivity contribution in [2.24, 2.45) is 5.14 Å². The van der Waals surface area contributed by atoms with Crippen LogP contribution in [0.3, 0.4) is 0 Å². The molecule has 0 fully saturated rings. The Kier molecular flexibility index (Phi) is 5.71. The summed E-state index contributed by atoms with van der Waals surface area (Å²) in [5.41, 5.74) is 0.646. The number of nitrogens with one attached hydrogen (secondary N) is 1. The number of hydrogen-bond donors (Lipinski definition) is 2. The fraction of sp³-hybridized carbons (Fsp3) is 0.118. The van der Waals surface area contributed by atoms with Crippen molar-refractivity contribution in [3.63, 3.8) is 0 Å². The summed E-state index contributed by atoms with van der Waals surface area (Å²) in [6, 6.07) is 13.1. The molecule has 0 bridgehead atoms. The fourth-order valence-corrected chi connectivity index (χ4v) is 2.50. The third kappa shape index (κ3) is 4.66. The van der Waals surface area contributed by atoms with Crippen LogP contribution in [0, 0.1) is 11.3 Å². The van der Waals surface area contributed by atoms with Gasteiger partial charge in [0.2, 0.25) is 10.0 Å². The molecule has 0 saturated heterocycles. The van der Waals surface area contributed by atoms with Gasteiger partial charge >= 0.3 is 5.97 Å². The Morgan fingerprint density at radius 1 is 1.15 bits per heavy atom. The van der Waals surface area contributed by atoms with Gasteiger partial charge in [0.05, 0.1) is 21.7 Å². The van der Waals surface area contributed by atoms with E-state index in [1.54, 1.807) is 24.3 Å². The van der Waals surface area contributed by atoms with Crippen LogP contribution in [-0.2, 0) is 19.6 Å². The Labute approximate surface area is 150 Å². The molecule has 0 radical (unpaired) electrons. The monoisotopic (exact) mass is 373 g/mol.